The number of aromatic nitrogens is 3. The number of benzene rings is 1. The van der Waals surface area contributed by atoms with Gasteiger partial charge in [-0.25, -0.2) is 0 Å². The highest BCUT2D eigenvalue weighted by atomic mass is 35.5. The summed E-state index contributed by atoms with van der Waals surface area (Å²) in [4.78, 5) is 1.67. The molecule has 84 valence electrons. The zero-order valence-electron chi connectivity index (χ0n) is 9.66. The molecule has 0 unspecified atom stereocenters. The van der Waals surface area contributed by atoms with Crippen molar-refractivity contribution < 1.29 is 0 Å². The zero-order chi connectivity index (χ0) is 11.7. The highest BCUT2D eigenvalue weighted by Crippen LogP contribution is 2.27. The number of halogens is 1. The molecule has 0 fully saturated rings. The molecule has 1 aromatic heterocycles. The van der Waals surface area contributed by atoms with Crippen LogP contribution in [0, 0.1) is 13.8 Å². The standard InChI is InChI=1S/C12H14ClN3/c1-4-16-14-7-12(15-16)11-6-10(13)5-8(2)9(11)3/h5-7H,4H2,1-3H3. The quantitative estimate of drug-likeness (QED) is 0.800. The van der Waals surface area contributed by atoms with E-state index in [1.807, 2.05) is 19.1 Å². The van der Waals surface area contributed by atoms with Crippen molar-refractivity contribution in [3.8, 4) is 11.3 Å². The normalized spacial score (nSPS) is 10.8. The zero-order valence-corrected chi connectivity index (χ0v) is 10.4. The fourth-order valence-electron chi connectivity index (χ4n) is 1.65. The van der Waals surface area contributed by atoms with Gasteiger partial charge in [-0.1, -0.05) is 11.6 Å². The fourth-order valence-corrected chi connectivity index (χ4v) is 1.93. The largest absolute Gasteiger partial charge is 0.185 e. The van der Waals surface area contributed by atoms with Crippen LogP contribution in [0.15, 0.2) is 18.3 Å². The van der Waals surface area contributed by atoms with Crippen LogP contribution in [0.1, 0.15) is 18.1 Å². The summed E-state index contributed by atoms with van der Waals surface area (Å²) in [5, 5.41) is 9.30. The summed E-state index contributed by atoms with van der Waals surface area (Å²) in [5.74, 6) is 0. The SMILES string of the molecule is CCn1ncc(-c2cc(Cl)cc(C)c2C)n1. The van der Waals surface area contributed by atoms with Gasteiger partial charge in [0.1, 0.15) is 5.69 Å². The van der Waals surface area contributed by atoms with E-state index < -0.39 is 0 Å². The average molecular weight is 236 g/mol. The summed E-state index contributed by atoms with van der Waals surface area (Å²) < 4.78 is 0. The van der Waals surface area contributed by atoms with Gasteiger partial charge in [0.25, 0.3) is 0 Å². The third-order valence-corrected chi connectivity index (χ3v) is 2.95. The molecule has 0 saturated heterocycles. The van der Waals surface area contributed by atoms with E-state index in [-0.39, 0.29) is 0 Å². The predicted molar refractivity (Wildman–Crippen MR) is 65.6 cm³/mol. The van der Waals surface area contributed by atoms with Crippen molar-refractivity contribution in [3.05, 3.63) is 34.5 Å². The molecule has 0 aliphatic rings. The van der Waals surface area contributed by atoms with E-state index in [0.717, 1.165) is 22.8 Å². The minimum absolute atomic E-state index is 0.740. The lowest BCUT2D eigenvalue weighted by molar-refractivity contribution is 0.571. The second-order valence-electron chi connectivity index (χ2n) is 3.81. The Hall–Kier alpha value is -1.35. The minimum atomic E-state index is 0.740. The Morgan fingerprint density at radius 3 is 2.69 bits per heavy atom. The van der Waals surface area contributed by atoms with Crippen LogP contribution in [-0.4, -0.2) is 15.0 Å². The molecule has 1 heterocycles. The maximum absolute atomic E-state index is 6.06. The maximum Gasteiger partial charge on any atom is 0.113 e. The fraction of sp³-hybridized carbons (Fsp3) is 0.333. The third kappa shape index (κ3) is 1.95. The van der Waals surface area contributed by atoms with Crippen molar-refractivity contribution in [3.63, 3.8) is 0 Å². The molecule has 0 aliphatic heterocycles. The van der Waals surface area contributed by atoms with Gasteiger partial charge >= 0.3 is 0 Å². The first-order chi connectivity index (χ1) is 7.61. The van der Waals surface area contributed by atoms with Crippen LogP contribution in [0.2, 0.25) is 5.02 Å². The molecule has 0 bridgehead atoms. The van der Waals surface area contributed by atoms with Gasteiger partial charge in [-0.05, 0) is 44.0 Å². The summed E-state index contributed by atoms with van der Waals surface area (Å²) in [6.45, 7) is 6.92. The van der Waals surface area contributed by atoms with Crippen molar-refractivity contribution in [2.75, 3.05) is 0 Å². The monoisotopic (exact) mass is 235 g/mol. The Labute approximate surface area is 100 Å². The molecule has 0 atom stereocenters. The number of nitrogens with zero attached hydrogens (tertiary/aromatic N) is 3. The number of hydrogen-bond donors (Lipinski definition) is 0. The van der Waals surface area contributed by atoms with Gasteiger partial charge < -0.3 is 0 Å². The molecular weight excluding hydrogens is 222 g/mol. The van der Waals surface area contributed by atoms with E-state index in [0.29, 0.717) is 0 Å². The molecule has 2 aromatic rings. The first-order valence-corrected chi connectivity index (χ1v) is 5.67. The summed E-state index contributed by atoms with van der Waals surface area (Å²) >= 11 is 6.06. The summed E-state index contributed by atoms with van der Waals surface area (Å²) in [6.07, 6.45) is 1.78. The highest BCUT2D eigenvalue weighted by molar-refractivity contribution is 6.31. The first kappa shape index (κ1) is 11.1. The van der Waals surface area contributed by atoms with Gasteiger partial charge in [0.15, 0.2) is 0 Å². The van der Waals surface area contributed by atoms with Crippen LogP contribution in [0.4, 0.5) is 0 Å². The Morgan fingerprint density at radius 1 is 1.31 bits per heavy atom. The lowest BCUT2D eigenvalue weighted by atomic mass is 10.0. The molecule has 0 saturated carbocycles. The van der Waals surface area contributed by atoms with Crippen molar-refractivity contribution in [1.82, 2.24) is 15.0 Å². The molecule has 0 radical (unpaired) electrons. The molecule has 0 N–H and O–H groups in total. The second kappa shape index (κ2) is 4.26. The van der Waals surface area contributed by atoms with Gasteiger partial charge in [-0.15, -0.1) is 0 Å². The summed E-state index contributed by atoms with van der Waals surface area (Å²) in [6, 6.07) is 3.90. The molecule has 1 aromatic carbocycles. The van der Waals surface area contributed by atoms with Gasteiger partial charge in [0.2, 0.25) is 0 Å². The van der Waals surface area contributed by atoms with Gasteiger partial charge in [-0.2, -0.15) is 15.0 Å². The average Bonchev–Trinajstić information content (AvgIpc) is 2.71. The topological polar surface area (TPSA) is 30.7 Å². The van der Waals surface area contributed by atoms with E-state index >= 15 is 0 Å². The molecule has 2 rings (SSSR count). The van der Waals surface area contributed by atoms with E-state index in [1.165, 1.54) is 11.1 Å². The smallest absolute Gasteiger partial charge is 0.113 e. The molecule has 0 amide bonds. The Kier molecular flexibility index (Phi) is 2.97. The van der Waals surface area contributed by atoms with Crippen molar-refractivity contribution in [1.29, 1.82) is 0 Å². The maximum atomic E-state index is 6.06. The second-order valence-corrected chi connectivity index (χ2v) is 4.25. The first-order valence-electron chi connectivity index (χ1n) is 5.29. The van der Waals surface area contributed by atoms with Crippen LogP contribution < -0.4 is 0 Å². The van der Waals surface area contributed by atoms with E-state index in [4.69, 9.17) is 11.6 Å². The third-order valence-electron chi connectivity index (χ3n) is 2.73. The molecular formula is C12H14ClN3. The van der Waals surface area contributed by atoms with Crippen LogP contribution in [0.3, 0.4) is 0 Å². The minimum Gasteiger partial charge on any atom is -0.185 e. The Balaban J connectivity index is 2.54. The summed E-state index contributed by atoms with van der Waals surface area (Å²) in [7, 11) is 0. The molecule has 3 nitrogen and oxygen atoms in total. The molecule has 0 aliphatic carbocycles. The molecule has 4 heteroatoms. The van der Waals surface area contributed by atoms with Gasteiger partial charge in [0.05, 0.1) is 12.7 Å². The highest BCUT2D eigenvalue weighted by Gasteiger charge is 2.09. The number of rotatable bonds is 2. The van der Waals surface area contributed by atoms with Crippen molar-refractivity contribution >= 4 is 11.6 Å². The Morgan fingerprint density at radius 2 is 2.06 bits per heavy atom. The van der Waals surface area contributed by atoms with Gasteiger partial charge in [0, 0.05) is 10.6 Å². The van der Waals surface area contributed by atoms with E-state index in [9.17, 15) is 0 Å². The molecule has 16 heavy (non-hydrogen) atoms. The van der Waals surface area contributed by atoms with Gasteiger partial charge in [-0.3, -0.25) is 0 Å². The van der Waals surface area contributed by atoms with E-state index in [2.05, 4.69) is 24.0 Å². The van der Waals surface area contributed by atoms with Crippen LogP contribution in [0.25, 0.3) is 11.3 Å². The van der Waals surface area contributed by atoms with Crippen LogP contribution in [-0.2, 0) is 6.54 Å². The van der Waals surface area contributed by atoms with Crippen molar-refractivity contribution in [2.45, 2.75) is 27.3 Å². The summed E-state index contributed by atoms with van der Waals surface area (Å²) in [5.41, 5.74) is 4.32. The lowest BCUT2D eigenvalue weighted by Gasteiger charge is -2.06. The van der Waals surface area contributed by atoms with Crippen LogP contribution in [0.5, 0.6) is 0 Å². The predicted octanol–water partition coefficient (Wildman–Crippen LogP) is 3.24. The number of hydrogen-bond acceptors (Lipinski definition) is 2. The molecule has 0 spiro atoms. The van der Waals surface area contributed by atoms with E-state index in [1.54, 1.807) is 11.0 Å². The van der Waals surface area contributed by atoms with Crippen LogP contribution >= 0.6 is 11.6 Å². The lowest BCUT2D eigenvalue weighted by Crippen LogP contribution is -1.98. The Bertz CT molecular complexity index is 517. The number of aryl methyl sites for hydroxylation is 2. The van der Waals surface area contributed by atoms with Crippen molar-refractivity contribution in [2.24, 2.45) is 0 Å².